The molecule has 0 spiro atoms. The lowest BCUT2D eigenvalue weighted by molar-refractivity contribution is -0.135. The smallest absolute Gasteiger partial charge is 0.240 e. The van der Waals surface area contributed by atoms with Gasteiger partial charge in [0.2, 0.25) is 5.91 Å². The molecule has 4 nitrogen and oxygen atoms in total. The van der Waals surface area contributed by atoms with Gasteiger partial charge >= 0.3 is 0 Å². The number of fused-ring (bicyclic) bond motifs is 1. The number of methoxy groups -OCH3 is 1. The minimum atomic E-state index is -0.0566. The third-order valence-electron chi connectivity index (χ3n) is 4.71. The standard InChI is InChI=1S/C17H24N2O2/c1-21-12-13-6-8-19(9-7-13)17(20)16-10-14-4-2-3-5-15(14)11-18-16/h2-5,13,16,18H,6-12H2,1H3. The van der Waals surface area contributed by atoms with Crippen LogP contribution in [0.5, 0.6) is 0 Å². The number of hydrogen-bond donors (Lipinski definition) is 1. The number of likely N-dealkylation sites (tertiary alicyclic amines) is 1. The van der Waals surface area contributed by atoms with Gasteiger partial charge in [-0.25, -0.2) is 0 Å². The number of nitrogens with zero attached hydrogens (tertiary/aromatic N) is 1. The maximum atomic E-state index is 12.7. The average molecular weight is 288 g/mol. The molecular formula is C17H24N2O2. The van der Waals surface area contributed by atoms with E-state index in [-0.39, 0.29) is 11.9 Å². The van der Waals surface area contributed by atoms with Crippen LogP contribution >= 0.6 is 0 Å². The van der Waals surface area contributed by atoms with E-state index in [1.165, 1.54) is 11.1 Å². The highest BCUT2D eigenvalue weighted by Crippen LogP contribution is 2.21. The summed E-state index contributed by atoms with van der Waals surface area (Å²) < 4.78 is 5.22. The van der Waals surface area contributed by atoms with Crippen molar-refractivity contribution in [1.29, 1.82) is 0 Å². The second-order valence-electron chi connectivity index (χ2n) is 6.13. The normalized spacial score (nSPS) is 22.9. The molecule has 114 valence electrons. The van der Waals surface area contributed by atoms with Gasteiger partial charge in [-0.1, -0.05) is 24.3 Å². The summed E-state index contributed by atoms with van der Waals surface area (Å²) in [5.74, 6) is 0.875. The molecule has 2 heterocycles. The topological polar surface area (TPSA) is 41.6 Å². The summed E-state index contributed by atoms with van der Waals surface area (Å²) in [6, 6.07) is 8.34. The molecule has 1 N–H and O–H groups in total. The Morgan fingerprint density at radius 3 is 2.71 bits per heavy atom. The van der Waals surface area contributed by atoms with Gasteiger partial charge in [0.1, 0.15) is 0 Å². The number of ether oxygens (including phenoxy) is 1. The van der Waals surface area contributed by atoms with Crippen molar-refractivity contribution in [3.8, 4) is 0 Å². The molecule has 3 rings (SSSR count). The van der Waals surface area contributed by atoms with E-state index < -0.39 is 0 Å². The number of hydrogen-bond acceptors (Lipinski definition) is 3. The first kappa shape index (κ1) is 14.5. The molecule has 1 fully saturated rings. The van der Waals surface area contributed by atoms with Crippen molar-refractivity contribution < 1.29 is 9.53 Å². The Kier molecular flexibility index (Phi) is 4.56. The Balaban J connectivity index is 1.57. The highest BCUT2D eigenvalue weighted by atomic mass is 16.5. The van der Waals surface area contributed by atoms with Crippen LogP contribution < -0.4 is 5.32 Å². The predicted octanol–water partition coefficient (Wildman–Crippen LogP) is 1.59. The molecule has 0 aliphatic carbocycles. The fraction of sp³-hybridized carbons (Fsp3) is 0.588. The molecule has 1 amide bonds. The van der Waals surface area contributed by atoms with E-state index in [1.54, 1.807) is 7.11 Å². The van der Waals surface area contributed by atoms with Crippen LogP contribution in [0, 0.1) is 5.92 Å². The molecule has 4 heteroatoms. The largest absolute Gasteiger partial charge is 0.384 e. The highest BCUT2D eigenvalue weighted by Gasteiger charge is 2.30. The van der Waals surface area contributed by atoms with Crippen LogP contribution in [0.25, 0.3) is 0 Å². The molecule has 0 radical (unpaired) electrons. The van der Waals surface area contributed by atoms with Gasteiger partial charge in [0, 0.05) is 33.4 Å². The van der Waals surface area contributed by atoms with Crippen molar-refractivity contribution in [3.63, 3.8) is 0 Å². The van der Waals surface area contributed by atoms with Crippen LogP contribution in [-0.2, 0) is 22.5 Å². The maximum absolute atomic E-state index is 12.7. The van der Waals surface area contributed by atoms with E-state index in [0.29, 0.717) is 5.92 Å². The molecule has 2 aliphatic heterocycles. The van der Waals surface area contributed by atoms with Gasteiger partial charge in [0.05, 0.1) is 6.04 Å². The number of piperidine rings is 1. The number of carbonyl (C=O) groups excluding carboxylic acids is 1. The molecule has 21 heavy (non-hydrogen) atoms. The van der Waals surface area contributed by atoms with Gasteiger partial charge in [-0.15, -0.1) is 0 Å². The zero-order valence-electron chi connectivity index (χ0n) is 12.7. The molecule has 0 aromatic heterocycles. The number of nitrogens with one attached hydrogen (secondary N) is 1. The summed E-state index contributed by atoms with van der Waals surface area (Å²) in [4.78, 5) is 14.7. The Labute approximate surface area is 126 Å². The molecule has 0 bridgehead atoms. The average Bonchev–Trinajstić information content (AvgIpc) is 2.55. The van der Waals surface area contributed by atoms with Gasteiger partial charge in [-0.05, 0) is 36.3 Å². The molecule has 1 saturated heterocycles. The van der Waals surface area contributed by atoms with Crippen molar-refractivity contribution in [1.82, 2.24) is 10.2 Å². The van der Waals surface area contributed by atoms with Crippen molar-refractivity contribution >= 4 is 5.91 Å². The van der Waals surface area contributed by atoms with Crippen LogP contribution in [0.2, 0.25) is 0 Å². The second-order valence-corrected chi connectivity index (χ2v) is 6.13. The van der Waals surface area contributed by atoms with Gasteiger partial charge in [-0.2, -0.15) is 0 Å². The van der Waals surface area contributed by atoms with Crippen molar-refractivity contribution in [3.05, 3.63) is 35.4 Å². The van der Waals surface area contributed by atoms with E-state index in [4.69, 9.17) is 4.74 Å². The fourth-order valence-electron chi connectivity index (χ4n) is 3.41. The molecule has 0 saturated carbocycles. The number of carbonyl (C=O) groups is 1. The number of benzene rings is 1. The lowest BCUT2D eigenvalue weighted by atomic mass is 9.93. The summed E-state index contributed by atoms with van der Waals surface area (Å²) in [6.07, 6.45) is 2.93. The first-order chi connectivity index (χ1) is 10.3. The van der Waals surface area contributed by atoms with Gasteiger partial charge in [0.15, 0.2) is 0 Å². The minimum Gasteiger partial charge on any atom is -0.384 e. The highest BCUT2D eigenvalue weighted by molar-refractivity contribution is 5.82. The van der Waals surface area contributed by atoms with Crippen molar-refractivity contribution in [2.75, 3.05) is 26.8 Å². The summed E-state index contributed by atoms with van der Waals surface area (Å²) in [6.45, 7) is 3.35. The van der Waals surface area contributed by atoms with Crippen molar-refractivity contribution in [2.45, 2.75) is 31.8 Å². The molecule has 1 aromatic carbocycles. The SMILES string of the molecule is COCC1CCN(C(=O)C2Cc3ccccc3CN2)CC1. The van der Waals surface area contributed by atoms with E-state index in [1.807, 2.05) is 4.90 Å². The Hall–Kier alpha value is -1.39. The zero-order chi connectivity index (χ0) is 14.7. The summed E-state index contributed by atoms with van der Waals surface area (Å²) in [5.41, 5.74) is 2.63. The molecule has 2 aliphatic rings. The lowest BCUT2D eigenvalue weighted by Crippen LogP contribution is -2.51. The first-order valence-electron chi connectivity index (χ1n) is 7.86. The third-order valence-corrected chi connectivity index (χ3v) is 4.71. The van der Waals surface area contributed by atoms with E-state index >= 15 is 0 Å². The molecular weight excluding hydrogens is 264 g/mol. The first-order valence-corrected chi connectivity index (χ1v) is 7.86. The van der Waals surface area contributed by atoms with Crippen LogP contribution in [0.4, 0.5) is 0 Å². The van der Waals surface area contributed by atoms with Crippen LogP contribution in [0.3, 0.4) is 0 Å². The second kappa shape index (κ2) is 6.58. The van der Waals surface area contributed by atoms with E-state index in [2.05, 4.69) is 29.6 Å². The van der Waals surface area contributed by atoms with Gasteiger partial charge < -0.3 is 15.0 Å². The van der Waals surface area contributed by atoms with Crippen LogP contribution in [0.15, 0.2) is 24.3 Å². The quantitative estimate of drug-likeness (QED) is 0.918. The summed E-state index contributed by atoms with van der Waals surface area (Å²) in [5, 5.41) is 3.39. The van der Waals surface area contributed by atoms with E-state index in [0.717, 1.165) is 45.5 Å². The zero-order valence-corrected chi connectivity index (χ0v) is 12.7. The minimum absolute atomic E-state index is 0.0566. The maximum Gasteiger partial charge on any atom is 0.240 e. The lowest BCUT2D eigenvalue weighted by Gasteiger charge is -2.35. The molecule has 1 unspecified atom stereocenters. The third kappa shape index (κ3) is 3.27. The molecule has 1 atom stereocenters. The number of amides is 1. The van der Waals surface area contributed by atoms with Crippen LogP contribution in [-0.4, -0.2) is 43.7 Å². The van der Waals surface area contributed by atoms with Gasteiger partial charge in [0.25, 0.3) is 0 Å². The van der Waals surface area contributed by atoms with Crippen LogP contribution in [0.1, 0.15) is 24.0 Å². The monoisotopic (exact) mass is 288 g/mol. The predicted molar refractivity (Wildman–Crippen MR) is 82.0 cm³/mol. The summed E-state index contributed by atoms with van der Waals surface area (Å²) >= 11 is 0. The summed E-state index contributed by atoms with van der Waals surface area (Å²) in [7, 11) is 1.75. The Bertz CT molecular complexity index is 495. The number of rotatable bonds is 3. The molecule has 1 aromatic rings. The van der Waals surface area contributed by atoms with E-state index in [9.17, 15) is 4.79 Å². The Morgan fingerprint density at radius 1 is 1.29 bits per heavy atom. The van der Waals surface area contributed by atoms with Crippen molar-refractivity contribution in [2.24, 2.45) is 5.92 Å². The Morgan fingerprint density at radius 2 is 2.00 bits per heavy atom. The van der Waals surface area contributed by atoms with Gasteiger partial charge in [-0.3, -0.25) is 4.79 Å². The fourth-order valence-corrected chi connectivity index (χ4v) is 3.41.